The maximum absolute atomic E-state index is 11.9. The molecular weight excluding hydrogens is 226 g/mol. The molecule has 2 atom stereocenters. The molecule has 90 valence electrons. The molecule has 0 spiro atoms. The van der Waals surface area contributed by atoms with E-state index in [1.165, 1.54) is 0 Å². The summed E-state index contributed by atoms with van der Waals surface area (Å²) in [6, 6.07) is 1.64. The van der Waals surface area contributed by atoms with Crippen molar-refractivity contribution in [3.63, 3.8) is 0 Å². The van der Waals surface area contributed by atoms with Crippen LogP contribution in [0.5, 0.6) is 0 Å². The van der Waals surface area contributed by atoms with Gasteiger partial charge < -0.3 is 4.90 Å². The number of rotatable bonds is 4. The number of H-pyrrole nitrogens is 1. The molecule has 0 aliphatic heterocycles. The highest BCUT2D eigenvalue weighted by Crippen LogP contribution is 2.06. The van der Waals surface area contributed by atoms with Crippen molar-refractivity contribution in [2.45, 2.75) is 19.9 Å². The first kappa shape index (κ1) is 12.9. The van der Waals surface area contributed by atoms with Gasteiger partial charge in [-0.1, -0.05) is 0 Å². The average Bonchev–Trinajstić information content (AvgIpc) is 2.61. The third kappa shape index (κ3) is 3.16. The number of hydrogen-bond donors (Lipinski definition) is 1. The van der Waals surface area contributed by atoms with Crippen LogP contribution in [0.25, 0.3) is 0 Å². The van der Waals surface area contributed by atoms with Crippen molar-refractivity contribution < 1.29 is 9.00 Å². The molecule has 5 nitrogen and oxygen atoms in total. The van der Waals surface area contributed by atoms with Gasteiger partial charge in [0.2, 0.25) is 0 Å². The molecule has 2 unspecified atom stereocenters. The minimum atomic E-state index is -0.906. The van der Waals surface area contributed by atoms with E-state index in [0.717, 1.165) is 5.69 Å². The lowest BCUT2D eigenvalue weighted by molar-refractivity contribution is 0.0751. The number of carbonyl (C=O) groups excluding carboxylic acids is 1. The SMILES string of the molecule is Cc1cc(C(=O)N(C)C(C)CS(C)=O)n[nH]1. The third-order valence-corrected chi connectivity index (χ3v) is 3.33. The first-order valence-electron chi connectivity index (χ1n) is 5.01. The summed E-state index contributed by atoms with van der Waals surface area (Å²) in [6.07, 6.45) is 1.63. The summed E-state index contributed by atoms with van der Waals surface area (Å²) in [5.41, 5.74) is 1.25. The smallest absolute Gasteiger partial charge is 0.274 e. The van der Waals surface area contributed by atoms with E-state index >= 15 is 0 Å². The highest BCUT2D eigenvalue weighted by molar-refractivity contribution is 7.84. The predicted octanol–water partition coefficient (Wildman–Crippen LogP) is 0.557. The molecule has 1 aromatic rings. The maximum Gasteiger partial charge on any atom is 0.274 e. The molecule has 1 heterocycles. The molecule has 0 bridgehead atoms. The Morgan fingerprint density at radius 1 is 1.69 bits per heavy atom. The first-order chi connectivity index (χ1) is 7.41. The highest BCUT2D eigenvalue weighted by atomic mass is 32.2. The minimum absolute atomic E-state index is 0.0599. The van der Waals surface area contributed by atoms with Gasteiger partial charge >= 0.3 is 0 Å². The van der Waals surface area contributed by atoms with Gasteiger partial charge in [-0.15, -0.1) is 0 Å². The lowest BCUT2D eigenvalue weighted by Crippen LogP contribution is -2.38. The van der Waals surface area contributed by atoms with Crippen LogP contribution >= 0.6 is 0 Å². The number of nitrogens with one attached hydrogen (secondary N) is 1. The van der Waals surface area contributed by atoms with E-state index in [2.05, 4.69) is 10.2 Å². The Balaban J connectivity index is 2.70. The van der Waals surface area contributed by atoms with Crippen LogP contribution < -0.4 is 0 Å². The molecule has 6 heteroatoms. The number of hydrogen-bond acceptors (Lipinski definition) is 3. The molecule has 0 saturated heterocycles. The zero-order valence-corrected chi connectivity index (χ0v) is 10.8. The van der Waals surface area contributed by atoms with E-state index in [9.17, 15) is 9.00 Å². The van der Waals surface area contributed by atoms with Crippen LogP contribution in [0.1, 0.15) is 23.1 Å². The van der Waals surface area contributed by atoms with Crippen LogP contribution in [-0.2, 0) is 10.8 Å². The minimum Gasteiger partial charge on any atom is -0.337 e. The standard InChI is InChI=1S/C10H17N3O2S/c1-7-5-9(12-11-7)10(14)13(3)8(2)6-16(4)15/h5,8H,6H2,1-4H3,(H,11,12). The Bertz CT molecular complexity index is 403. The quantitative estimate of drug-likeness (QED) is 0.840. The lowest BCUT2D eigenvalue weighted by atomic mass is 10.3. The van der Waals surface area contributed by atoms with Gasteiger partial charge in [0, 0.05) is 41.6 Å². The van der Waals surface area contributed by atoms with E-state index in [4.69, 9.17) is 0 Å². The topological polar surface area (TPSA) is 66.1 Å². The Morgan fingerprint density at radius 3 is 2.75 bits per heavy atom. The molecule has 0 fully saturated rings. The first-order valence-corrected chi connectivity index (χ1v) is 6.73. The number of aromatic nitrogens is 2. The second-order valence-corrected chi connectivity index (χ2v) is 5.42. The molecule has 1 aromatic heterocycles. The van der Waals surface area contributed by atoms with Crippen molar-refractivity contribution in [3.05, 3.63) is 17.5 Å². The van der Waals surface area contributed by atoms with E-state index in [1.54, 1.807) is 24.3 Å². The zero-order valence-electron chi connectivity index (χ0n) is 9.98. The summed E-state index contributed by atoms with van der Waals surface area (Å²) in [5, 5.41) is 6.63. The van der Waals surface area contributed by atoms with Crippen LogP contribution in [0.3, 0.4) is 0 Å². The van der Waals surface area contributed by atoms with Crippen molar-refractivity contribution >= 4 is 16.7 Å². The fraction of sp³-hybridized carbons (Fsp3) is 0.600. The van der Waals surface area contributed by atoms with Gasteiger partial charge in [0.1, 0.15) is 5.69 Å². The Hall–Kier alpha value is -1.17. The summed E-state index contributed by atoms with van der Waals surface area (Å²) in [5.74, 6) is 0.327. The number of aryl methyl sites for hydroxylation is 1. The average molecular weight is 243 g/mol. The maximum atomic E-state index is 11.9. The number of amides is 1. The van der Waals surface area contributed by atoms with Gasteiger partial charge in [0.15, 0.2) is 0 Å². The van der Waals surface area contributed by atoms with Gasteiger partial charge in [0.25, 0.3) is 5.91 Å². The Morgan fingerprint density at radius 2 is 2.31 bits per heavy atom. The molecule has 16 heavy (non-hydrogen) atoms. The van der Waals surface area contributed by atoms with Crippen molar-refractivity contribution in [1.29, 1.82) is 0 Å². The molecule has 0 aromatic carbocycles. The normalized spacial score (nSPS) is 14.5. The van der Waals surface area contributed by atoms with Gasteiger partial charge in [-0.3, -0.25) is 14.1 Å². The van der Waals surface area contributed by atoms with Crippen LogP contribution in [-0.4, -0.2) is 50.3 Å². The zero-order chi connectivity index (χ0) is 12.3. The fourth-order valence-electron chi connectivity index (χ4n) is 1.36. The van der Waals surface area contributed by atoms with Gasteiger partial charge in [0.05, 0.1) is 0 Å². The van der Waals surface area contributed by atoms with Crippen molar-refractivity contribution in [1.82, 2.24) is 15.1 Å². The largest absolute Gasteiger partial charge is 0.337 e. The second-order valence-electron chi connectivity index (χ2n) is 3.94. The Labute approximate surface area is 97.7 Å². The number of aromatic amines is 1. The summed E-state index contributed by atoms with van der Waals surface area (Å²) in [7, 11) is 0.792. The molecule has 1 amide bonds. The van der Waals surface area contributed by atoms with Crippen LogP contribution in [0, 0.1) is 6.92 Å². The van der Waals surface area contributed by atoms with E-state index in [1.807, 2.05) is 13.8 Å². The molecule has 0 radical (unpaired) electrons. The molecule has 0 aliphatic carbocycles. The number of nitrogens with zero attached hydrogens (tertiary/aromatic N) is 2. The van der Waals surface area contributed by atoms with Crippen molar-refractivity contribution in [2.24, 2.45) is 0 Å². The number of carbonyl (C=O) groups is 1. The molecular formula is C10H17N3O2S. The van der Waals surface area contributed by atoms with Crippen LogP contribution in [0.15, 0.2) is 6.07 Å². The van der Waals surface area contributed by atoms with E-state index in [0.29, 0.717) is 11.4 Å². The summed E-state index contributed by atoms with van der Waals surface area (Å²) < 4.78 is 11.1. The van der Waals surface area contributed by atoms with Crippen molar-refractivity contribution in [2.75, 3.05) is 19.1 Å². The van der Waals surface area contributed by atoms with Gasteiger partial charge in [-0.2, -0.15) is 5.10 Å². The highest BCUT2D eigenvalue weighted by Gasteiger charge is 2.20. The van der Waals surface area contributed by atoms with Gasteiger partial charge in [-0.05, 0) is 19.9 Å². The summed E-state index contributed by atoms with van der Waals surface area (Å²) in [6.45, 7) is 3.72. The Kier molecular flexibility index (Phi) is 4.23. The molecule has 0 saturated carbocycles. The molecule has 1 N–H and O–H groups in total. The summed E-state index contributed by atoms with van der Waals surface area (Å²) in [4.78, 5) is 13.5. The predicted molar refractivity (Wildman–Crippen MR) is 63.8 cm³/mol. The third-order valence-electron chi connectivity index (χ3n) is 2.38. The fourth-order valence-corrected chi connectivity index (χ4v) is 2.26. The lowest BCUT2D eigenvalue weighted by Gasteiger charge is -2.23. The molecule has 0 aliphatic rings. The second kappa shape index (κ2) is 5.25. The van der Waals surface area contributed by atoms with Crippen molar-refractivity contribution in [3.8, 4) is 0 Å². The monoisotopic (exact) mass is 243 g/mol. The summed E-state index contributed by atoms with van der Waals surface area (Å²) >= 11 is 0. The van der Waals surface area contributed by atoms with Crippen LogP contribution in [0.4, 0.5) is 0 Å². The van der Waals surface area contributed by atoms with Gasteiger partial charge in [-0.25, -0.2) is 0 Å². The van der Waals surface area contributed by atoms with Crippen LogP contribution in [0.2, 0.25) is 0 Å². The van der Waals surface area contributed by atoms with E-state index in [-0.39, 0.29) is 11.9 Å². The molecule has 1 rings (SSSR count). The van der Waals surface area contributed by atoms with E-state index < -0.39 is 10.8 Å².